The van der Waals surface area contributed by atoms with Crippen LogP contribution >= 0.6 is 0 Å². The highest BCUT2D eigenvalue weighted by atomic mass is 16.7. The smallest absolute Gasteiger partial charge is 0.292 e. The lowest BCUT2D eigenvalue weighted by Crippen LogP contribution is -2.42. The fourth-order valence-corrected chi connectivity index (χ4v) is 5.04. The third-order valence-electron chi connectivity index (χ3n) is 6.77. The van der Waals surface area contributed by atoms with Crippen molar-refractivity contribution in [2.75, 3.05) is 30.1 Å². The molecule has 1 amide bonds. The largest absolute Gasteiger partial charge is 0.454 e. The van der Waals surface area contributed by atoms with Gasteiger partial charge in [0, 0.05) is 37.0 Å². The lowest BCUT2D eigenvalue weighted by Gasteiger charge is -2.38. The maximum Gasteiger partial charge on any atom is 0.292 e. The van der Waals surface area contributed by atoms with Crippen molar-refractivity contribution in [1.29, 1.82) is 0 Å². The van der Waals surface area contributed by atoms with E-state index in [-0.39, 0.29) is 23.3 Å². The number of nitro groups is 1. The van der Waals surface area contributed by atoms with Crippen molar-refractivity contribution in [3.63, 3.8) is 0 Å². The molecule has 0 aliphatic carbocycles. The topological polar surface area (TPSA) is 97.2 Å². The molecule has 35 heavy (non-hydrogen) atoms. The molecule has 9 heteroatoms. The highest BCUT2D eigenvalue weighted by molar-refractivity contribution is 6.01. The molecule has 9 nitrogen and oxygen atoms in total. The summed E-state index contributed by atoms with van der Waals surface area (Å²) in [7, 11) is 0. The van der Waals surface area contributed by atoms with Gasteiger partial charge in [0.25, 0.3) is 11.6 Å². The summed E-state index contributed by atoms with van der Waals surface area (Å²) in [6.07, 6.45) is 1.48. The Morgan fingerprint density at radius 1 is 1.00 bits per heavy atom. The van der Waals surface area contributed by atoms with Gasteiger partial charge in [-0.05, 0) is 48.7 Å². The second-order valence-corrected chi connectivity index (χ2v) is 8.91. The monoisotopic (exact) mass is 472 g/mol. The zero-order chi connectivity index (χ0) is 23.9. The molecule has 1 atom stereocenters. The molecular formula is C26H24N4O5. The van der Waals surface area contributed by atoms with Crippen molar-refractivity contribution in [2.45, 2.75) is 25.6 Å². The Kier molecular flexibility index (Phi) is 5.17. The first-order chi connectivity index (χ1) is 17.1. The number of amides is 1. The second kappa shape index (κ2) is 8.50. The number of para-hydroxylation sites is 1. The van der Waals surface area contributed by atoms with E-state index in [1.807, 2.05) is 48.5 Å². The summed E-state index contributed by atoms with van der Waals surface area (Å²) >= 11 is 0. The zero-order valence-electron chi connectivity index (χ0n) is 19.0. The summed E-state index contributed by atoms with van der Waals surface area (Å²) in [5.74, 6) is 1.17. The molecule has 1 N–H and O–H groups in total. The Morgan fingerprint density at radius 3 is 2.63 bits per heavy atom. The molecule has 178 valence electrons. The Hall–Kier alpha value is -4.27. The molecule has 3 aliphatic rings. The number of hydrogen-bond donors (Lipinski definition) is 1. The number of nitrogens with zero attached hydrogens (tertiary/aromatic N) is 3. The van der Waals surface area contributed by atoms with E-state index in [0.717, 1.165) is 31.5 Å². The highest BCUT2D eigenvalue weighted by Crippen LogP contribution is 2.39. The number of fused-ring (bicyclic) bond motifs is 2. The van der Waals surface area contributed by atoms with Crippen LogP contribution in [0.15, 0.2) is 60.7 Å². The first-order valence-corrected chi connectivity index (χ1v) is 11.7. The van der Waals surface area contributed by atoms with Crippen molar-refractivity contribution in [1.82, 2.24) is 4.90 Å². The summed E-state index contributed by atoms with van der Waals surface area (Å²) in [6.45, 7) is 2.09. The fraction of sp³-hybridized carbons (Fsp3) is 0.269. The van der Waals surface area contributed by atoms with E-state index in [1.165, 1.54) is 0 Å². The average Bonchev–Trinajstić information content (AvgIpc) is 3.57. The molecule has 0 spiro atoms. The van der Waals surface area contributed by atoms with E-state index in [1.54, 1.807) is 17.0 Å². The molecule has 0 saturated carbocycles. The van der Waals surface area contributed by atoms with Gasteiger partial charge in [0.2, 0.25) is 6.79 Å². The SMILES string of the molecule is O=C1c2ccccc2NC(c2ccc(N3CCCC3)c([N+](=O)[O-])c2)N1Cc1ccc2c(c1)OCO2. The van der Waals surface area contributed by atoms with Gasteiger partial charge in [-0.1, -0.05) is 24.3 Å². The van der Waals surface area contributed by atoms with Crippen LogP contribution in [0.25, 0.3) is 0 Å². The van der Waals surface area contributed by atoms with E-state index in [0.29, 0.717) is 40.5 Å². The number of rotatable bonds is 5. The number of nitrogens with one attached hydrogen (secondary N) is 1. The van der Waals surface area contributed by atoms with Crippen molar-refractivity contribution < 1.29 is 19.2 Å². The highest BCUT2D eigenvalue weighted by Gasteiger charge is 2.35. The molecule has 6 rings (SSSR count). The summed E-state index contributed by atoms with van der Waals surface area (Å²) in [4.78, 5) is 29.1. The Bertz CT molecular complexity index is 1320. The van der Waals surface area contributed by atoms with E-state index in [4.69, 9.17) is 9.47 Å². The zero-order valence-corrected chi connectivity index (χ0v) is 19.0. The number of carbonyl (C=O) groups is 1. The normalized spacial score (nSPS) is 18.4. The molecule has 1 unspecified atom stereocenters. The third kappa shape index (κ3) is 3.78. The molecule has 0 bridgehead atoms. The maximum atomic E-state index is 13.6. The predicted molar refractivity (Wildman–Crippen MR) is 130 cm³/mol. The van der Waals surface area contributed by atoms with Gasteiger partial charge in [-0.3, -0.25) is 14.9 Å². The molecular weight excluding hydrogens is 448 g/mol. The van der Waals surface area contributed by atoms with Gasteiger partial charge in [0.05, 0.1) is 10.5 Å². The van der Waals surface area contributed by atoms with Crippen LogP contribution in [0.1, 0.15) is 40.5 Å². The summed E-state index contributed by atoms with van der Waals surface area (Å²) < 4.78 is 10.9. The minimum atomic E-state index is -0.575. The second-order valence-electron chi connectivity index (χ2n) is 8.91. The summed E-state index contributed by atoms with van der Waals surface area (Å²) in [6, 6.07) is 18.2. The van der Waals surface area contributed by atoms with Gasteiger partial charge >= 0.3 is 0 Å². The lowest BCUT2D eigenvalue weighted by molar-refractivity contribution is -0.384. The van der Waals surface area contributed by atoms with Crippen molar-refractivity contribution in [2.24, 2.45) is 0 Å². The van der Waals surface area contributed by atoms with Gasteiger partial charge in [-0.15, -0.1) is 0 Å². The fourth-order valence-electron chi connectivity index (χ4n) is 5.04. The Labute approximate surface area is 202 Å². The van der Waals surface area contributed by atoms with Crippen LogP contribution in [-0.4, -0.2) is 35.6 Å². The Balaban J connectivity index is 1.40. The maximum absolute atomic E-state index is 13.6. The molecule has 0 radical (unpaired) electrons. The molecule has 3 aromatic carbocycles. The quantitative estimate of drug-likeness (QED) is 0.425. The van der Waals surface area contributed by atoms with Crippen molar-refractivity contribution in [3.05, 3.63) is 87.5 Å². The standard InChI is InChI=1S/C26H24N4O5/c31-26-19-5-1-2-6-20(19)27-25(29(26)15-17-7-10-23-24(13-17)35-16-34-23)18-8-9-21(22(14-18)30(32)33)28-11-3-4-12-28/h1-2,5-10,13-14,25,27H,3-4,11-12,15-16H2. The number of ether oxygens (including phenoxy) is 2. The van der Waals surface area contributed by atoms with E-state index in [9.17, 15) is 14.9 Å². The number of hydrogen-bond acceptors (Lipinski definition) is 7. The van der Waals surface area contributed by atoms with Gasteiger partial charge < -0.3 is 24.6 Å². The van der Waals surface area contributed by atoms with Gasteiger partial charge in [0.15, 0.2) is 11.5 Å². The van der Waals surface area contributed by atoms with Crippen molar-refractivity contribution >= 4 is 23.0 Å². The molecule has 3 aliphatic heterocycles. The van der Waals surface area contributed by atoms with Crippen LogP contribution in [0, 0.1) is 10.1 Å². The van der Waals surface area contributed by atoms with Gasteiger partial charge in [0.1, 0.15) is 11.9 Å². The van der Waals surface area contributed by atoms with Crippen LogP contribution in [0.3, 0.4) is 0 Å². The number of nitro benzene ring substituents is 1. The van der Waals surface area contributed by atoms with Crippen LogP contribution in [0.2, 0.25) is 0 Å². The van der Waals surface area contributed by atoms with Crippen molar-refractivity contribution in [3.8, 4) is 11.5 Å². The molecule has 3 heterocycles. The first kappa shape index (κ1) is 21.3. The molecule has 1 fully saturated rings. The lowest BCUT2D eigenvalue weighted by atomic mass is 10.0. The third-order valence-corrected chi connectivity index (χ3v) is 6.77. The molecule has 1 saturated heterocycles. The first-order valence-electron chi connectivity index (χ1n) is 11.7. The predicted octanol–water partition coefficient (Wildman–Crippen LogP) is 4.69. The van der Waals surface area contributed by atoms with Crippen LogP contribution < -0.4 is 19.7 Å². The molecule has 0 aromatic heterocycles. The minimum absolute atomic E-state index is 0.0561. The average molecular weight is 473 g/mol. The number of benzene rings is 3. The number of carbonyl (C=O) groups excluding carboxylic acids is 1. The van der Waals surface area contributed by atoms with Gasteiger partial charge in [-0.2, -0.15) is 0 Å². The minimum Gasteiger partial charge on any atom is -0.454 e. The number of anilines is 2. The van der Waals surface area contributed by atoms with E-state index >= 15 is 0 Å². The van der Waals surface area contributed by atoms with Crippen LogP contribution in [0.5, 0.6) is 11.5 Å². The van der Waals surface area contributed by atoms with E-state index in [2.05, 4.69) is 10.2 Å². The van der Waals surface area contributed by atoms with Crippen LogP contribution in [-0.2, 0) is 6.54 Å². The molecule has 3 aromatic rings. The van der Waals surface area contributed by atoms with E-state index < -0.39 is 6.17 Å². The summed E-state index contributed by atoms with van der Waals surface area (Å²) in [5, 5.41) is 15.4. The van der Waals surface area contributed by atoms with Gasteiger partial charge in [-0.25, -0.2) is 0 Å². The Morgan fingerprint density at radius 2 is 1.80 bits per heavy atom. The van der Waals surface area contributed by atoms with Crippen LogP contribution in [0.4, 0.5) is 17.1 Å². The summed E-state index contributed by atoms with van der Waals surface area (Å²) in [5.41, 5.74) is 3.48.